The molecule has 0 fully saturated rings. The molecule has 0 bridgehead atoms. The molecule has 0 spiro atoms. The summed E-state index contributed by atoms with van der Waals surface area (Å²) in [6.07, 6.45) is 4.89. The monoisotopic (exact) mass is 344 g/mol. The van der Waals surface area contributed by atoms with Gasteiger partial charge in [-0.2, -0.15) is 5.26 Å². The van der Waals surface area contributed by atoms with E-state index in [9.17, 15) is 0 Å². The number of ether oxygens (including phenoxy) is 1. The lowest BCUT2D eigenvalue weighted by Crippen LogP contribution is -2.00. The first-order valence-electron chi connectivity index (χ1n) is 8.57. The van der Waals surface area contributed by atoms with E-state index in [0.29, 0.717) is 12.5 Å². The number of nitriles is 1. The lowest BCUT2D eigenvalue weighted by molar-refractivity contribution is 0.310. The summed E-state index contributed by atoms with van der Waals surface area (Å²) >= 11 is 0. The Bertz CT molecular complexity index is 904. The topological polar surface area (TPSA) is 59.1 Å². The molecule has 0 aliphatic rings. The Labute approximate surface area is 153 Å². The van der Waals surface area contributed by atoms with Crippen molar-refractivity contribution in [1.29, 1.82) is 5.26 Å². The van der Waals surface area contributed by atoms with Crippen molar-refractivity contribution in [2.45, 2.75) is 19.8 Å². The molecule has 0 aliphatic heterocycles. The quantitative estimate of drug-likeness (QED) is 0.437. The van der Waals surface area contributed by atoms with Gasteiger partial charge in [0.05, 0.1) is 18.4 Å². The van der Waals surface area contributed by atoms with Gasteiger partial charge in [0.2, 0.25) is 5.89 Å². The van der Waals surface area contributed by atoms with Crippen LogP contribution in [0, 0.1) is 18.3 Å². The second-order valence-corrected chi connectivity index (χ2v) is 5.87. The van der Waals surface area contributed by atoms with Crippen molar-refractivity contribution in [3.8, 4) is 23.3 Å². The maximum atomic E-state index is 8.53. The summed E-state index contributed by atoms with van der Waals surface area (Å²) in [5.74, 6) is 2.35. The van der Waals surface area contributed by atoms with Crippen LogP contribution < -0.4 is 4.74 Å². The zero-order valence-electron chi connectivity index (χ0n) is 14.7. The maximum absolute atomic E-state index is 8.53. The Morgan fingerprint density at radius 3 is 2.62 bits per heavy atom. The van der Waals surface area contributed by atoms with Crippen molar-refractivity contribution >= 4 is 6.08 Å². The molecule has 0 atom stereocenters. The first-order chi connectivity index (χ1) is 12.8. The predicted octanol–water partition coefficient (Wildman–Crippen LogP) is 5.20. The molecular weight excluding hydrogens is 324 g/mol. The minimum absolute atomic E-state index is 0.611. The van der Waals surface area contributed by atoms with Gasteiger partial charge in [-0.05, 0) is 55.7 Å². The maximum Gasteiger partial charge on any atom is 0.226 e. The van der Waals surface area contributed by atoms with Crippen molar-refractivity contribution in [2.24, 2.45) is 0 Å². The minimum atomic E-state index is 0.611. The molecule has 1 heterocycles. The van der Waals surface area contributed by atoms with E-state index in [2.05, 4.69) is 4.98 Å². The lowest BCUT2D eigenvalue weighted by Gasteiger charge is -2.05. The molecule has 4 heteroatoms. The van der Waals surface area contributed by atoms with Gasteiger partial charge in [0.25, 0.3) is 0 Å². The second kappa shape index (κ2) is 8.68. The van der Waals surface area contributed by atoms with Crippen LogP contribution in [0.3, 0.4) is 0 Å². The normalized spacial score (nSPS) is 10.8. The van der Waals surface area contributed by atoms with Crippen LogP contribution in [0.2, 0.25) is 0 Å². The highest BCUT2D eigenvalue weighted by molar-refractivity contribution is 5.53. The van der Waals surface area contributed by atoms with Gasteiger partial charge in [0.15, 0.2) is 0 Å². The lowest BCUT2D eigenvalue weighted by atomic mass is 10.2. The summed E-state index contributed by atoms with van der Waals surface area (Å²) in [7, 11) is 0. The summed E-state index contributed by atoms with van der Waals surface area (Å²) in [4.78, 5) is 4.61. The van der Waals surface area contributed by atoms with Gasteiger partial charge in [-0.1, -0.05) is 30.3 Å². The Kier molecular flexibility index (Phi) is 5.84. The van der Waals surface area contributed by atoms with E-state index in [1.54, 1.807) is 6.08 Å². The highest BCUT2D eigenvalue weighted by Crippen LogP contribution is 2.22. The van der Waals surface area contributed by atoms with E-state index in [-0.39, 0.29) is 0 Å². The third kappa shape index (κ3) is 4.61. The van der Waals surface area contributed by atoms with Gasteiger partial charge < -0.3 is 9.15 Å². The van der Waals surface area contributed by atoms with Crippen molar-refractivity contribution in [2.75, 3.05) is 6.61 Å². The van der Waals surface area contributed by atoms with Crippen LogP contribution in [0.1, 0.15) is 23.4 Å². The fourth-order valence-electron chi connectivity index (χ4n) is 2.60. The number of allylic oxidation sites excluding steroid dienone is 1. The Morgan fingerprint density at radius 2 is 1.88 bits per heavy atom. The Balaban J connectivity index is 1.50. The molecular formula is C22H20N2O2. The highest BCUT2D eigenvalue weighted by atomic mass is 16.5. The molecule has 0 aliphatic carbocycles. The SMILES string of the molecule is Cc1oc(-c2ccccc2)nc1CCCOc1ccc(C=CC#N)cc1. The van der Waals surface area contributed by atoms with Crippen molar-refractivity contribution < 1.29 is 9.15 Å². The van der Waals surface area contributed by atoms with Crippen LogP contribution in [0.25, 0.3) is 17.5 Å². The molecule has 2 aromatic carbocycles. The zero-order valence-corrected chi connectivity index (χ0v) is 14.7. The summed E-state index contributed by atoms with van der Waals surface area (Å²) in [6, 6.07) is 19.6. The first-order valence-corrected chi connectivity index (χ1v) is 8.57. The van der Waals surface area contributed by atoms with E-state index in [1.807, 2.05) is 67.6 Å². The summed E-state index contributed by atoms with van der Waals surface area (Å²) in [5.41, 5.74) is 2.94. The molecule has 4 nitrogen and oxygen atoms in total. The molecule has 0 unspecified atom stereocenters. The largest absolute Gasteiger partial charge is 0.494 e. The fraction of sp³-hybridized carbons (Fsp3) is 0.182. The third-order valence-corrected chi connectivity index (χ3v) is 3.97. The van der Waals surface area contributed by atoms with Gasteiger partial charge >= 0.3 is 0 Å². The summed E-state index contributed by atoms with van der Waals surface area (Å²) < 4.78 is 11.6. The number of rotatable bonds is 7. The van der Waals surface area contributed by atoms with Gasteiger partial charge in [-0.3, -0.25) is 0 Å². The van der Waals surface area contributed by atoms with Crippen LogP contribution in [-0.2, 0) is 6.42 Å². The molecule has 0 saturated carbocycles. The van der Waals surface area contributed by atoms with Crippen molar-refractivity contribution in [3.05, 3.63) is 77.7 Å². The van der Waals surface area contributed by atoms with Crippen LogP contribution in [0.5, 0.6) is 5.75 Å². The highest BCUT2D eigenvalue weighted by Gasteiger charge is 2.10. The van der Waals surface area contributed by atoms with Crippen LogP contribution in [0.4, 0.5) is 0 Å². The Hall–Kier alpha value is -3.32. The third-order valence-electron chi connectivity index (χ3n) is 3.97. The number of oxazole rings is 1. The van der Waals surface area contributed by atoms with Crippen LogP contribution >= 0.6 is 0 Å². The zero-order chi connectivity index (χ0) is 18.2. The molecule has 26 heavy (non-hydrogen) atoms. The second-order valence-electron chi connectivity index (χ2n) is 5.87. The number of nitrogens with zero attached hydrogens (tertiary/aromatic N) is 2. The number of aryl methyl sites for hydroxylation is 2. The average Bonchev–Trinajstić information content (AvgIpc) is 3.06. The van der Waals surface area contributed by atoms with E-state index in [1.165, 1.54) is 6.08 Å². The number of hydrogen-bond donors (Lipinski definition) is 0. The number of hydrogen-bond acceptors (Lipinski definition) is 4. The van der Waals surface area contributed by atoms with Crippen molar-refractivity contribution in [3.63, 3.8) is 0 Å². The van der Waals surface area contributed by atoms with Crippen molar-refractivity contribution in [1.82, 2.24) is 4.98 Å². The fourth-order valence-corrected chi connectivity index (χ4v) is 2.60. The van der Waals surface area contributed by atoms with Crippen LogP contribution in [0.15, 0.2) is 65.1 Å². The van der Waals surface area contributed by atoms with E-state index < -0.39 is 0 Å². The van der Waals surface area contributed by atoms with Gasteiger partial charge in [0, 0.05) is 11.6 Å². The number of aromatic nitrogens is 1. The molecule has 1 aromatic heterocycles. The molecule has 0 N–H and O–H groups in total. The summed E-state index contributed by atoms with van der Waals surface area (Å²) in [6.45, 7) is 2.56. The molecule has 0 amide bonds. The molecule has 3 aromatic rings. The molecule has 130 valence electrons. The van der Waals surface area contributed by atoms with Gasteiger partial charge in [-0.15, -0.1) is 0 Å². The minimum Gasteiger partial charge on any atom is -0.494 e. The van der Waals surface area contributed by atoms with E-state index in [4.69, 9.17) is 14.4 Å². The smallest absolute Gasteiger partial charge is 0.226 e. The van der Waals surface area contributed by atoms with E-state index in [0.717, 1.165) is 41.2 Å². The van der Waals surface area contributed by atoms with Gasteiger partial charge in [-0.25, -0.2) is 4.98 Å². The molecule has 0 radical (unpaired) electrons. The van der Waals surface area contributed by atoms with Crippen LogP contribution in [-0.4, -0.2) is 11.6 Å². The Morgan fingerprint density at radius 1 is 1.12 bits per heavy atom. The van der Waals surface area contributed by atoms with E-state index >= 15 is 0 Å². The van der Waals surface area contributed by atoms with Gasteiger partial charge in [0.1, 0.15) is 11.5 Å². The molecule has 0 saturated heterocycles. The predicted molar refractivity (Wildman–Crippen MR) is 102 cm³/mol. The average molecular weight is 344 g/mol. The molecule has 3 rings (SSSR count). The first kappa shape index (κ1) is 17.5. The standard InChI is InChI=1S/C22H20N2O2/c1-17-21(24-22(26-17)19-8-3-2-4-9-19)10-6-16-25-20-13-11-18(12-14-20)7-5-15-23/h2-5,7-9,11-14H,6,10,16H2,1H3. The number of benzene rings is 2. The summed E-state index contributed by atoms with van der Waals surface area (Å²) in [5, 5.41) is 8.53.